The van der Waals surface area contributed by atoms with Gasteiger partial charge in [0.15, 0.2) is 0 Å². The second-order valence-corrected chi connectivity index (χ2v) is 4.50. The van der Waals surface area contributed by atoms with E-state index in [2.05, 4.69) is 11.9 Å². The molecule has 0 aromatic carbocycles. The smallest absolute Gasteiger partial charge is 0.137 e. The standard InChI is InChI=1S/C14H20N2O/c1-2-3-4-5-8-13(17)12-11-16-10-7-6-9-14(16)15-12/h6-7,9-11,13,17H,2-5,8H2,1H3. The van der Waals surface area contributed by atoms with Gasteiger partial charge in [0, 0.05) is 12.4 Å². The lowest BCUT2D eigenvalue weighted by atomic mass is 10.1. The van der Waals surface area contributed by atoms with Crippen LogP contribution in [0.2, 0.25) is 0 Å². The summed E-state index contributed by atoms with van der Waals surface area (Å²) in [5.41, 5.74) is 1.68. The van der Waals surface area contributed by atoms with Crippen molar-refractivity contribution in [3.05, 3.63) is 36.3 Å². The third-order valence-electron chi connectivity index (χ3n) is 3.06. The number of pyridine rings is 1. The Morgan fingerprint density at radius 3 is 2.94 bits per heavy atom. The van der Waals surface area contributed by atoms with Gasteiger partial charge in [-0.3, -0.25) is 0 Å². The van der Waals surface area contributed by atoms with Gasteiger partial charge in [-0.2, -0.15) is 0 Å². The van der Waals surface area contributed by atoms with E-state index in [1.165, 1.54) is 19.3 Å². The third kappa shape index (κ3) is 3.07. The lowest BCUT2D eigenvalue weighted by Crippen LogP contribution is -1.97. The van der Waals surface area contributed by atoms with Crippen molar-refractivity contribution >= 4 is 5.65 Å². The third-order valence-corrected chi connectivity index (χ3v) is 3.06. The molecule has 1 N–H and O–H groups in total. The van der Waals surface area contributed by atoms with E-state index in [1.807, 2.05) is 35.0 Å². The molecule has 0 spiro atoms. The van der Waals surface area contributed by atoms with Crippen LogP contribution in [0.4, 0.5) is 0 Å². The summed E-state index contributed by atoms with van der Waals surface area (Å²) in [6.07, 6.45) is 9.00. The molecule has 0 radical (unpaired) electrons. The van der Waals surface area contributed by atoms with Gasteiger partial charge in [-0.15, -0.1) is 0 Å². The molecule has 3 heteroatoms. The molecule has 0 bridgehead atoms. The summed E-state index contributed by atoms with van der Waals surface area (Å²) in [5.74, 6) is 0. The van der Waals surface area contributed by atoms with E-state index >= 15 is 0 Å². The first-order valence-corrected chi connectivity index (χ1v) is 6.43. The predicted octanol–water partition coefficient (Wildman–Crippen LogP) is 3.34. The minimum atomic E-state index is -0.424. The average molecular weight is 232 g/mol. The Morgan fingerprint density at radius 2 is 2.18 bits per heavy atom. The van der Waals surface area contributed by atoms with Crippen molar-refractivity contribution in [3.63, 3.8) is 0 Å². The normalized spacial score (nSPS) is 13.1. The van der Waals surface area contributed by atoms with E-state index in [4.69, 9.17) is 0 Å². The van der Waals surface area contributed by atoms with Gasteiger partial charge in [0.2, 0.25) is 0 Å². The average Bonchev–Trinajstić information content (AvgIpc) is 2.78. The van der Waals surface area contributed by atoms with E-state index < -0.39 is 6.10 Å². The van der Waals surface area contributed by atoms with Crippen LogP contribution in [0.3, 0.4) is 0 Å². The van der Waals surface area contributed by atoms with Crippen LogP contribution >= 0.6 is 0 Å². The van der Waals surface area contributed by atoms with Gasteiger partial charge in [0.05, 0.1) is 11.8 Å². The van der Waals surface area contributed by atoms with E-state index in [-0.39, 0.29) is 0 Å². The molecule has 0 fully saturated rings. The Labute approximate surface area is 102 Å². The Kier molecular flexibility index (Phi) is 4.15. The molecule has 1 unspecified atom stereocenters. The largest absolute Gasteiger partial charge is 0.387 e. The topological polar surface area (TPSA) is 37.5 Å². The minimum Gasteiger partial charge on any atom is -0.387 e. The van der Waals surface area contributed by atoms with E-state index in [0.29, 0.717) is 0 Å². The molecular formula is C14H20N2O. The molecule has 0 saturated heterocycles. The molecule has 0 amide bonds. The highest BCUT2D eigenvalue weighted by Crippen LogP contribution is 2.19. The second-order valence-electron chi connectivity index (χ2n) is 4.50. The van der Waals surface area contributed by atoms with E-state index in [9.17, 15) is 5.11 Å². The van der Waals surface area contributed by atoms with Crippen molar-refractivity contribution in [2.75, 3.05) is 0 Å². The van der Waals surface area contributed by atoms with Crippen LogP contribution in [0.25, 0.3) is 5.65 Å². The molecule has 92 valence electrons. The number of hydrogen-bond acceptors (Lipinski definition) is 2. The second kappa shape index (κ2) is 5.82. The monoisotopic (exact) mass is 232 g/mol. The van der Waals surface area contributed by atoms with Crippen molar-refractivity contribution in [2.24, 2.45) is 0 Å². The molecule has 0 aliphatic rings. The molecule has 3 nitrogen and oxygen atoms in total. The van der Waals surface area contributed by atoms with Crippen LogP contribution in [-0.4, -0.2) is 14.5 Å². The summed E-state index contributed by atoms with van der Waals surface area (Å²) in [5, 5.41) is 10.0. The first-order valence-electron chi connectivity index (χ1n) is 6.43. The highest BCUT2D eigenvalue weighted by molar-refractivity contribution is 5.39. The van der Waals surface area contributed by atoms with Crippen LogP contribution in [0, 0.1) is 0 Å². The number of hydrogen-bond donors (Lipinski definition) is 1. The van der Waals surface area contributed by atoms with E-state index in [1.54, 1.807) is 0 Å². The lowest BCUT2D eigenvalue weighted by Gasteiger charge is -2.06. The quantitative estimate of drug-likeness (QED) is 0.776. The van der Waals surface area contributed by atoms with Crippen molar-refractivity contribution in [3.8, 4) is 0 Å². The summed E-state index contributed by atoms with van der Waals surface area (Å²) in [6.45, 7) is 2.19. The summed E-state index contributed by atoms with van der Waals surface area (Å²) >= 11 is 0. The molecule has 2 heterocycles. The fourth-order valence-corrected chi connectivity index (χ4v) is 2.03. The zero-order valence-corrected chi connectivity index (χ0v) is 10.3. The van der Waals surface area contributed by atoms with Gasteiger partial charge in [-0.25, -0.2) is 4.98 Å². The molecule has 0 aliphatic carbocycles. The molecule has 2 rings (SSSR count). The van der Waals surface area contributed by atoms with Crippen LogP contribution in [-0.2, 0) is 0 Å². The maximum absolute atomic E-state index is 10.0. The van der Waals surface area contributed by atoms with E-state index in [0.717, 1.165) is 24.2 Å². The van der Waals surface area contributed by atoms with Crippen LogP contribution < -0.4 is 0 Å². The summed E-state index contributed by atoms with van der Waals surface area (Å²) in [7, 11) is 0. The first-order chi connectivity index (χ1) is 8.31. The summed E-state index contributed by atoms with van der Waals surface area (Å²) in [6, 6.07) is 5.87. The van der Waals surface area contributed by atoms with Crippen molar-refractivity contribution in [1.82, 2.24) is 9.38 Å². The fraction of sp³-hybridized carbons (Fsp3) is 0.500. The van der Waals surface area contributed by atoms with Gasteiger partial charge in [-0.1, -0.05) is 38.7 Å². The van der Waals surface area contributed by atoms with Gasteiger partial charge < -0.3 is 9.51 Å². The number of aromatic nitrogens is 2. The number of aliphatic hydroxyl groups excluding tert-OH is 1. The maximum atomic E-state index is 10.0. The van der Waals surface area contributed by atoms with Crippen LogP contribution in [0.15, 0.2) is 30.6 Å². The number of unbranched alkanes of at least 4 members (excludes halogenated alkanes) is 3. The zero-order chi connectivity index (χ0) is 12.1. The Bertz CT molecular complexity index is 431. The van der Waals surface area contributed by atoms with Crippen molar-refractivity contribution in [2.45, 2.75) is 45.1 Å². The van der Waals surface area contributed by atoms with Crippen LogP contribution in [0.1, 0.15) is 50.8 Å². The highest BCUT2D eigenvalue weighted by Gasteiger charge is 2.11. The number of nitrogens with zero attached hydrogens (tertiary/aromatic N) is 2. The fourth-order valence-electron chi connectivity index (χ4n) is 2.03. The van der Waals surface area contributed by atoms with Gasteiger partial charge in [0.1, 0.15) is 5.65 Å². The lowest BCUT2D eigenvalue weighted by molar-refractivity contribution is 0.159. The Hall–Kier alpha value is -1.35. The number of imidazole rings is 1. The Balaban J connectivity index is 1.96. The molecule has 1 atom stereocenters. The van der Waals surface area contributed by atoms with Gasteiger partial charge in [0.25, 0.3) is 0 Å². The first kappa shape index (κ1) is 12.1. The number of rotatable bonds is 6. The van der Waals surface area contributed by atoms with Gasteiger partial charge in [-0.05, 0) is 18.6 Å². The minimum absolute atomic E-state index is 0.424. The molecule has 2 aromatic heterocycles. The molecule has 2 aromatic rings. The zero-order valence-electron chi connectivity index (χ0n) is 10.3. The highest BCUT2D eigenvalue weighted by atomic mass is 16.3. The summed E-state index contributed by atoms with van der Waals surface area (Å²) in [4.78, 5) is 4.42. The van der Waals surface area contributed by atoms with Crippen LogP contribution in [0.5, 0.6) is 0 Å². The molecule has 0 saturated carbocycles. The van der Waals surface area contributed by atoms with Crippen molar-refractivity contribution < 1.29 is 5.11 Å². The predicted molar refractivity (Wildman–Crippen MR) is 68.9 cm³/mol. The molecule has 17 heavy (non-hydrogen) atoms. The molecular weight excluding hydrogens is 212 g/mol. The maximum Gasteiger partial charge on any atom is 0.137 e. The summed E-state index contributed by atoms with van der Waals surface area (Å²) < 4.78 is 1.95. The molecule has 0 aliphatic heterocycles. The Morgan fingerprint density at radius 1 is 1.29 bits per heavy atom. The van der Waals surface area contributed by atoms with Crippen molar-refractivity contribution in [1.29, 1.82) is 0 Å². The number of fused-ring (bicyclic) bond motifs is 1. The van der Waals surface area contributed by atoms with Gasteiger partial charge >= 0.3 is 0 Å². The number of aliphatic hydroxyl groups is 1. The SMILES string of the molecule is CCCCCCC(O)c1cn2ccccc2n1.